The van der Waals surface area contributed by atoms with E-state index < -0.39 is 0 Å². The summed E-state index contributed by atoms with van der Waals surface area (Å²) in [5, 5.41) is 0. The quantitative estimate of drug-likeness (QED) is 0.534. The Morgan fingerprint density at radius 3 is 2.82 bits per heavy atom. The van der Waals surface area contributed by atoms with Gasteiger partial charge in [0.1, 0.15) is 5.76 Å². The molecule has 0 fully saturated rings. The van der Waals surface area contributed by atoms with E-state index in [1.54, 1.807) is 0 Å². The number of hydrogen-bond acceptors (Lipinski definition) is 2. The number of hydrogen-bond donors (Lipinski definition) is 0. The van der Waals surface area contributed by atoms with Crippen molar-refractivity contribution >= 4 is 5.97 Å². The lowest BCUT2D eigenvalue weighted by Gasteiger charge is -2.00. The van der Waals surface area contributed by atoms with Gasteiger partial charge in [0, 0.05) is 0 Å². The van der Waals surface area contributed by atoms with Crippen LogP contribution in [0.25, 0.3) is 0 Å². The molecule has 1 heterocycles. The van der Waals surface area contributed by atoms with Gasteiger partial charge in [-0.15, -0.1) is 0 Å². The topological polar surface area (TPSA) is 26.3 Å². The van der Waals surface area contributed by atoms with Crippen molar-refractivity contribution in [3.63, 3.8) is 0 Å². The van der Waals surface area contributed by atoms with E-state index in [9.17, 15) is 4.79 Å². The van der Waals surface area contributed by atoms with Crippen LogP contribution in [0.2, 0.25) is 0 Å². The lowest BCUT2D eigenvalue weighted by molar-refractivity contribution is -0.136. The molecular weight excluding hydrogens is 140 g/mol. The molecule has 0 aromatic heterocycles. The van der Waals surface area contributed by atoms with Gasteiger partial charge in [0.2, 0.25) is 0 Å². The molecule has 0 aromatic carbocycles. The SMILES string of the molecule is O=C1CC=C(C2=CCCC2)O1. The highest BCUT2D eigenvalue weighted by Gasteiger charge is 2.19. The van der Waals surface area contributed by atoms with Crippen LogP contribution in [0.15, 0.2) is 23.5 Å². The highest BCUT2D eigenvalue weighted by molar-refractivity contribution is 5.76. The summed E-state index contributed by atoms with van der Waals surface area (Å²) in [5.74, 6) is 0.695. The van der Waals surface area contributed by atoms with Crippen LogP contribution in [0.1, 0.15) is 25.7 Å². The first-order valence-electron chi connectivity index (χ1n) is 3.96. The molecule has 0 unspecified atom stereocenters. The van der Waals surface area contributed by atoms with Gasteiger partial charge in [-0.05, 0) is 30.9 Å². The number of carbonyl (C=O) groups excluding carboxylic acids is 1. The summed E-state index contributed by atoms with van der Waals surface area (Å²) in [6, 6.07) is 0. The summed E-state index contributed by atoms with van der Waals surface area (Å²) in [6.45, 7) is 0. The van der Waals surface area contributed by atoms with E-state index in [0.717, 1.165) is 18.6 Å². The van der Waals surface area contributed by atoms with Gasteiger partial charge >= 0.3 is 5.97 Å². The van der Waals surface area contributed by atoms with Crippen molar-refractivity contribution in [3.8, 4) is 0 Å². The first-order chi connectivity index (χ1) is 5.36. The Bertz CT molecular complexity index is 248. The minimum Gasteiger partial charge on any atom is -0.426 e. The fourth-order valence-corrected chi connectivity index (χ4v) is 1.47. The Kier molecular flexibility index (Phi) is 1.53. The number of esters is 1. The molecule has 0 atom stereocenters. The van der Waals surface area contributed by atoms with Crippen LogP contribution in [0.3, 0.4) is 0 Å². The van der Waals surface area contributed by atoms with Gasteiger partial charge in [-0.2, -0.15) is 0 Å². The lowest BCUT2D eigenvalue weighted by atomic mass is 10.2. The maximum atomic E-state index is 10.7. The predicted octanol–water partition coefficient (Wildman–Crippen LogP) is 1.93. The number of rotatable bonds is 1. The smallest absolute Gasteiger partial charge is 0.315 e. The third kappa shape index (κ3) is 1.20. The van der Waals surface area contributed by atoms with E-state index in [-0.39, 0.29) is 5.97 Å². The van der Waals surface area contributed by atoms with E-state index in [1.165, 1.54) is 12.0 Å². The van der Waals surface area contributed by atoms with Gasteiger partial charge < -0.3 is 4.74 Å². The molecule has 2 aliphatic rings. The van der Waals surface area contributed by atoms with Crippen molar-refractivity contribution in [2.24, 2.45) is 0 Å². The third-order valence-electron chi connectivity index (χ3n) is 2.04. The zero-order chi connectivity index (χ0) is 7.68. The summed E-state index contributed by atoms with van der Waals surface area (Å²) in [5.41, 5.74) is 1.22. The maximum absolute atomic E-state index is 10.7. The molecule has 0 aromatic rings. The standard InChI is InChI=1S/C9H10O2/c10-9-6-5-8(11-9)7-3-1-2-4-7/h3,5H,1-2,4,6H2. The maximum Gasteiger partial charge on any atom is 0.315 e. The van der Waals surface area contributed by atoms with E-state index in [0.29, 0.717) is 6.42 Å². The molecule has 1 aliphatic heterocycles. The second-order valence-electron chi connectivity index (χ2n) is 2.87. The summed E-state index contributed by atoms with van der Waals surface area (Å²) in [6.07, 6.45) is 7.88. The van der Waals surface area contributed by atoms with Crippen LogP contribution >= 0.6 is 0 Å². The summed E-state index contributed by atoms with van der Waals surface area (Å²) in [7, 11) is 0. The van der Waals surface area contributed by atoms with Crippen LogP contribution < -0.4 is 0 Å². The van der Waals surface area contributed by atoms with Crippen LogP contribution in [0, 0.1) is 0 Å². The van der Waals surface area contributed by atoms with Gasteiger partial charge in [0.25, 0.3) is 0 Å². The molecule has 0 radical (unpaired) electrons. The first-order valence-corrected chi connectivity index (χ1v) is 3.96. The molecule has 1 aliphatic carbocycles. The third-order valence-corrected chi connectivity index (χ3v) is 2.04. The Morgan fingerprint density at radius 1 is 1.36 bits per heavy atom. The summed E-state index contributed by atoms with van der Waals surface area (Å²) in [4.78, 5) is 10.7. The molecule has 0 saturated carbocycles. The molecule has 0 bridgehead atoms. The molecule has 58 valence electrons. The monoisotopic (exact) mass is 150 g/mol. The van der Waals surface area contributed by atoms with Crippen molar-refractivity contribution in [1.82, 2.24) is 0 Å². The van der Waals surface area contributed by atoms with Gasteiger partial charge in [-0.1, -0.05) is 6.08 Å². The number of allylic oxidation sites excluding steroid dienone is 2. The van der Waals surface area contributed by atoms with Crippen molar-refractivity contribution in [1.29, 1.82) is 0 Å². The number of cyclic esters (lactones) is 1. The second-order valence-corrected chi connectivity index (χ2v) is 2.87. The molecule has 2 nitrogen and oxygen atoms in total. The van der Waals surface area contributed by atoms with E-state index >= 15 is 0 Å². The lowest BCUT2D eigenvalue weighted by Crippen LogP contribution is -1.94. The van der Waals surface area contributed by atoms with Gasteiger partial charge in [-0.25, -0.2) is 0 Å². The predicted molar refractivity (Wildman–Crippen MR) is 40.7 cm³/mol. The van der Waals surface area contributed by atoms with Crippen LogP contribution in [-0.4, -0.2) is 5.97 Å². The van der Waals surface area contributed by atoms with Gasteiger partial charge in [0.15, 0.2) is 0 Å². The summed E-state index contributed by atoms with van der Waals surface area (Å²) >= 11 is 0. The molecule has 0 N–H and O–H groups in total. The van der Waals surface area contributed by atoms with Gasteiger partial charge in [-0.3, -0.25) is 4.79 Å². The van der Waals surface area contributed by atoms with Crippen LogP contribution in [0.5, 0.6) is 0 Å². The van der Waals surface area contributed by atoms with Crippen molar-refractivity contribution in [2.45, 2.75) is 25.7 Å². The number of ether oxygens (including phenoxy) is 1. The Balaban J connectivity index is 2.11. The summed E-state index contributed by atoms with van der Waals surface area (Å²) < 4.78 is 5.00. The zero-order valence-electron chi connectivity index (χ0n) is 6.30. The largest absolute Gasteiger partial charge is 0.426 e. The Morgan fingerprint density at radius 2 is 2.27 bits per heavy atom. The molecule has 2 rings (SSSR count). The van der Waals surface area contributed by atoms with E-state index in [2.05, 4.69) is 6.08 Å². The molecule has 0 saturated heterocycles. The van der Waals surface area contributed by atoms with E-state index in [1.807, 2.05) is 6.08 Å². The fourth-order valence-electron chi connectivity index (χ4n) is 1.47. The molecule has 11 heavy (non-hydrogen) atoms. The van der Waals surface area contributed by atoms with Crippen molar-refractivity contribution in [3.05, 3.63) is 23.5 Å². The second kappa shape index (κ2) is 2.53. The molecular formula is C9H10O2. The van der Waals surface area contributed by atoms with E-state index in [4.69, 9.17) is 4.74 Å². The van der Waals surface area contributed by atoms with Gasteiger partial charge in [0.05, 0.1) is 6.42 Å². The highest BCUT2D eigenvalue weighted by Crippen LogP contribution is 2.28. The van der Waals surface area contributed by atoms with Crippen molar-refractivity contribution < 1.29 is 9.53 Å². The van der Waals surface area contributed by atoms with Crippen LogP contribution in [0.4, 0.5) is 0 Å². The minimum absolute atomic E-state index is 0.118. The first kappa shape index (κ1) is 6.65. The van der Waals surface area contributed by atoms with Crippen molar-refractivity contribution in [2.75, 3.05) is 0 Å². The zero-order valence-corrected chi connectivity index (χ0v) is 6.30. The highest BCUT2D eigenvalue weighted by atomic mass is 16.5. The molecule has 2 heteroatoms. The average molecular weight is 150 g/mol. The average Bonchev–Trinajstić information content (AvgIpc) is 2.55. The van der Waals surface area contributed by atoms with Crippen LogP contribution in [-0.2, 0) is 9.53 Å². The molecule has 0 amide bonds. The minimum atomic E-state index is -0.118. The fraction of sp³-hybridized carbons (Fsp3) is 0.444. The number of carbonyl (C=O) groups is 1. The normalized spacial score (nSPS) is 23.1. The molecule has 0 spiro atoms. The Hall–Kier alpha value is -1.05. The Labute approximate surface area is 65.5 Å².